The second-order valence-electron chi connectivity index (χ2n) is 8.50. The summed E-state index contributed by atoms with van der Waals surface area (Å²) in [6, 6.07) is 2.92. The van der Waals surface area contributed by atoms with Crippen molar-refractivity contribution in [3.8, 4) is 0 Å². The molecule has 0 aliphatic rings. The molecule has 0 nitrogen and oxygen atoms in total. The first-order valence-corrected chi connectivity index (χ1v) is 12.0. The molecule has 19 heteroatoms. The summed E-state index contributed by atoms with van der Waals surface area (Å²) in [6.45, 7) is 6.57. The van der Waals surface area contributed by atoms with Crippen LogP contribution in [0.5, 0.6) is 0 Å². The van der Waals surface area contributed by atoms with Gasteiger partial charge in [-0.3, -0.25) is 0 Å². The maximum absolute atomic E-state index is 14.1. The van der Waals surface area contributed by atoms with E-state index < -0.39 is 59.8 Å². The Labute approximate surface area is 227 Å². The van der Waals surface area contributed by atoms with Crippen molar-refractivity contribution < 1.29 is 74.6 Å². The topological polar surface area (TPSA) is 0 Å². The Kier molecular flexibility index (Phi) is 10.1. The molecule has 0 atom stereocenters. The van der Waals surface area contributed by atoms with Gasteiger partial charge in [0.2, 0.25) is 0 Å². The number of halogens is 18. The Morgan fingerprint density at radius 3 is 1.48 bits per heavy atom. The number of aryl methyl sites for hydroxylation is 2. The van der Waals surface area contributed by atoms with E-state index in [1.54, 1.807) is 6.07 Å². The fourth-order valence-electron chi connectivity index (χ4n) is 3.15. The van der Waals surface area contributed by atoms with E-state index in [1.165, 1.54) is 19.9 Å². The van der Waals surface area contributed by atoms with Crippen LogP contribution in [0.25, 0.3) is 0 Å². The second kappa shape index (κ2) is 11.0. The van der Waals surface area contributed by atoms with Gasteiger partial charge >= 0.3 is 47.6 Å². The minimum atomic E-state index is -8.62. The number of hydrogen-bond donors (Lipinski definition) is 0. The minimum absolute atomic E-state index is 0.0388. The summed E-state index contributed by atoms with van der Waals surface area (Å²) in [5.74, 6) is -57.5. The number of thioether (sulfide) groups is 1. The second-order valence-corrected chi connectivity index (χ2v) is 10.8. The van der Waals surface area contributed by atoms with Gasteiger partial charge in [0.05, 0.1) is 0 Å². The lowest BCUT2D eigenvalue weighted by molar-refractivity contribution is -0.461. The molecule has 232 valence electrons. The monoisotopic (exact) mass is 702 g/mol. The summed E-state index contributed by atoms with van der Waals surface area (Å²) >= 11 is 3.31. The van der Waals surface area contributed by atoms with Crippen LogP contribution in [0.4, 0.5) is 74.6 Å². The van der Waals surface area contributed by atoms with Gasteiger partial charge in [0.25, 0.3) is 0 Å². The van der Waals surface area contributed by atoms with Crippen LogP contribution < -0.4 is 0 Å². The lowest BCUT2D eigenvalue weighted by Gasteiger charge is -2.42. The number of alkyl halides is 17. The SMILES string of the molecule is C=C(Br)Cc1c(C)cc(C)cc1SCCC(F)(F)C(F)(F)C(F)(F)C(F)(F)C(F)(F)C(F)(F)C(F)(F)C(F)(F)F. The molecule has 40 heavy (non-hydrogen) atoms. The van der Waals surface area contributed by atoms with Crippen molar-refractivity contribution in [1.82, 2.24) is 0 Å². The summed E-state index contributed by atoms with van der Waals surface area (Å²) in [5, 5.41) is 0. The van der Waals surface area contributed by atoms with E-state index in [2.05, 4.69) is 22.5 Å². The quantitative estimate of drug-likeness (QED) is 0.154. The van der Waals surface area contributed by atoms with E-state index in [-0.39, 0.29) is 11.3 Å². The molecule has 0 saturated carbocycles. The van der Waals surface area contributed by atoms with Crippen LogP contribution in [0.1, 0.15) is 23.1 Å². The Morgan fingerprint density at radius 2 is 1.07 bits per heavy atom. The van der Waals surface area contributed by atoms with E-state index in [0.29, 0.717) is 32.9 Å². The van der Waals surface area contributed by atoms with Crippen LogP contribution in [-0.2, 0) is 6.42 Å². The van der Waals surface area contributed by atoms with Gasteiger partial charge in [-0.25, -0.2) is 0 Å². The zero-order chi connectivity index (χ0) is 32.1. The summed E-state index contributed by atoms with van der Waals surface area (Å²) in [4.78, 5) is 0.0925. The molecule has 0 aromatic heterocycles. The minimum Gasteiger partial charge on any atom is -0.200 e. The van der Waals surface area contributed by atoms with Crippen LogP contribution in [0.2, 0.25) is 0 Å². The predicted molar refractivity (Wildman–Crippen MR) is 114 cm³/mol. The average Bonchev–Trinajstić information content (AvgIpc) is 2.74. The maximum atomic E-state index is 14.1. The van der Waals surface area contributed by atoms with Crippen molar-refractivity contribution in [3.63, 3.8) is 0 Å². The fraction of sp³-hybridized carbons (Fsp3) is 0.619. The summed E-state index contributed by atoms with van der Waals surface area (Å²) in [6.07, 6.45) is -10.2. The van der Waals surface area contributed by atoms with E-state index in [0.717, 1.165) is 0 Å². The first-order chi connectivity index (χ1) is 17.4. The smallest absolute Gasteiger partial charge is 0.200 e. The Morgan fingerprint density at radius 1 is 0.675 bits per heavy atom. The number of hydrogen-bond acceptors (Lipinski definition) is 1. The fourth-order valence-corrected chi connectivity index (χ4v) is 4.68. The molecule has 0 radical (unpaired) electrons. The molecule has 0 amide bonds. The molecule has 1 aromatic rings. The number of allylic oxidation sites excluding steroid dienone is 1. The predicted octanol–water partition coefficient (Wildman–Crippen LogP) is 10.2. The Balaban J connectivity index is 3.41. The van der Waals surface area contributed by atoms with Crippen LogP contribution in [-0.4, -0.2) is 53.4 Å². The first kappa shape index (κ1) is 36.6. The molecule has 0 aliphatic heterocycles. The third-order valence-electron chi connectivity index (χ3n) is 5.41. The van der Waals surface area contributed by atoms with Crippen molar-refractivity contribution in [2.24, 2.45) is 0 Å². The zero-order valence-corrected chi connectivity index (χ0v) is 22.1. The van der Waals surface area contributed by atoms with Crippen molar-refractivity contribution in [1.29, 1.82) is 0 Å². The van der Waals surface area contributed by atoms with Crippen molar-refractivity contribution >= 4 is 27.7 Å². The molecular formula is C21H16BrF17S. The van der Waals surface area contributed by atoms with Crippen LogP contribution >= 0.6 is 27.7 Å². The third-order valence-corrected chi connectivity index (χ3v) is 6.77. The molecule has 0 heterocycles. The van der Waals surface area contributed by atoms with Gasteiger partial charge in [-0.1, -0.05) is 28.6 Å². The van der Waals surface area contributed by atoms with Gasteiger partial charge in [0, 0.05) is 23.5 Å². The van der Waals surface area contributed by atoms with E-state index >= 15 is 0 Å². The molecule has 0 N–H and O–H groups in total. The molecule has 0 unspecified atom stereocenters. The highest BCUT2D eigenvalue weighted by atomic mass is 79.9. The Bertz CT molecular complexity index is 1090. The van der Waals surface area contributed by atoms with Crippen molar-refractivity contribution in [2.75, 3.05) is 5.75 Å². The normalized spacial score (nSPS) is 15.0. The van der Waals surface area contributed by atoms with Gasteiger partial charge in [-0.15, -0.1) is 11.8 Å². The molecule has 0 fully saturated rings. The summed E-state index contributed by atoms with van der Waals surface area (Å²) in [7, 11) is 0. The van der Waals surface area contributed by atoms with Crippen molar-refractivity contribution in [3.05, 3.63) is 39.9 Å². The van der Waals surface area contributed by atoms with Gasteiger partial charge in [-0.05, 0) is 41.1 Å². The molecule has 1 rings (SSSR count). The van der Waals surface area contributed by atoms with Gasteiger partial charge in [0.1, 0.15) is 0 Å². The third kappa shape index (κ3) is 5.91. The summed E-state index contributed by atoms with van der Waals surface area (Å²) < 4.78 is 228. The molecule has 0 saturated heterocycles. The molecular weight excluding hydrogens is 687 g/mol. The van der Waals surface area contributed by atoms with E-state index in [1.807, 2.05) is 0 Å². The molecule has 0 spiro atoms. The largest absolute Gasteiger partial charge is 0.460 e. The highest BCUT2D eigenvalue weighted by Crippen LogP contribution is 2.64. The maximum Gasteiger partial charge on any atom is 0.460 e. The average molecular weight is 703 g/mol. The first-order valence-electron chi connectivity index (χ1n) is 10.2. The lowest BCUT2D eigenvalue weighted by atomic mass is 9.88. The van der Waals surface area contributed by atoms with Crippen LogP contribution in [0.15, 0.2) is 28.1 Å². The highest BCUT2D eigenvalue weighted by Gasteiger charge is 2.95. The standard InChI is InChI=1S/C21H16BrF17S/c1-9-6-10(2)12(8-11(3)22)13(7-9)40-5-4-14(23,24)15(25,26)16(27,28)17(29,30)18(31,32)19(33,34)20(35,36)21(37,38)39/h6-7H,3-5,8H2,1-2H3. The van der Waals surface area contributed by atoms with Gasteiger partial charge in [-0.2, -0.15) is 74.6 Å². The Hall–Kier alpha value is -1.40. The summed E-state index contributed by atoms with van der Waals surface area (Å²) in [5.41, 5.74) is 1.38. The zero-order valence-electron chi connectivity index (χ0n) is 19.7. The number of benzene rings is 1. The van der Waals surface area contributed by atoms with Gasteiger partial charge < -0.3 is 0 Å². The van der Waals surface area contributed by atoms with Crippen LogP contribution in [0, 0.1) is 13.8 Å². The lowest BCUT2D eigenvalue weighted by Crippen LogP contribution is -2.74. The molecule has 1 aromatic carbocycles. The number of rotatable bonds is 12. The van der Waals surface area contributed by atoms with E-state index in [4.69, 9.17) is 0 Å². The van der Waals surface area contributed by atoms with Crippen LogP contribution in [0.3, 0.4) is 0 Å². The van der Waals surface area contributed by atoms with Gasteiger partial charge in [0.15, 0.2) is 0 Å². The highest BCUT2D eigenvalue weighted by molar-refractivity contribution is 9.11. The molecule has 0 bridgehead atoms. The van der Waals surface area contributed by atoms with Crippen molar-refractivity contribution in [2.45, 2.75) is 79.2 Å². The van der Waals surface area contributed by atoms with E-state index in [9.17, 15) is 74.6 Å². The molecule has 0 aliphatic carbocycles.